The molecule has 5 rings (SSSR count). The van der Waals surface area contributed by atoms with Gasteiger partial charge in [-0.3, -0.25) is 5.10 Å². The highest BCUT2D eigenvalue weighted by molar-refractivity contribution is 6.01. The third-order valence-electron chi connectivity index (χ3n) is 6.13. The molecule has 0 bridgehead atoms. The molecule has 3 N–H and O–H groups in total. The molecular weight excluding hydrogens is 444 g/mol. The van der Waals surface area contributed by atoms with E-state index in [1.807, 2.05) is 47.4 Å². The van der Waals surface area contributed by atoms with Crippen LogP contribution in [0, 0.1) is 0 Å². The number of aromatic amines is 1. The molecule has 2 aromatic carbocycles. The zero-order chi connectivity index (χ0) is 24.6. The van der Waals surface area contributed by atoms with E-state index < -0.39 is 5.97 Å². The normalized spacial score (nSPS) is 14.3. The number of aromatic nitrogens is 4. The van der Waals surface area contributed by atoms with Crippen LogP contribution < -0.4 is 10.2 Å². The highest BCUT2D eigenvalue weighted by Crippen LogP contribution is 2.33. The maximum Gasteiger partial charge on any atom is 0.341 e. The monoisotopic (exact) mass is 472 g/mol. The van der Waals surface area contributed by atoms with Crippen LogP contribution in [0.5, 0.6) is 0 Å². The van der Waals surface area contributed by atoms with E-state index in [1.54, 1.807) is 6.20 Å². The fraction of sp³-hybridized carbons (Fsp3) is 0.308. The Kier molecular flexibility index (Phi) is 5.86. The van der Waals surface area contributed by atoms with Crippen molar-refractivity contribution in [3.63, 3.8) is 0 Å². The number of ether oxygens (including phenoxy) is 1. The first kappa shape index (κ1) is 22.8. The molecule has 1 saturated heterocycles. The second kappa shape index (κ2) is 8.99. The maximum atomic E-state index is 12.5. The lowest BCUT2D eigenvalue weighted by Crippen LogP contribution is -2.37. The standard InChI is InChI=1S/C26H28N6O3/c1-26(2,3)18-6-4-16(5-7-18)22-21(24(33)34)23(30-25(29-22)32-10-12-35-13-11-32)28-19-8-9-20-17(14-19)15-27-31-20/h4-9,14-15H,10-13H2,1-3H3,(H,27,31)(H,33,34)(H,28,29,30). The molecule has 9 nitrogen and oxygen atoms in total. The number of carbonyl (C=O) groups is 1. The number of nitrogens with one attached hydrogen (secondary N) is 2. The number of H-pyrrole nitrogens is 1. The van der Waals surface area contributed by atoms with E-state index >= 15 is 0 Å². The predicted octanol–water partition coefficient (Wildman–Crippen LogP) is 4.60. The van der Waals surface area contributed by atoms with Crippen LogP contribution >= 0.6 is 0 Å². The number of carboxylic acids is 1. The van der Waals surface area contributed by atoms with Crippen LogP contribution in [-0.4, -0.2) is 57.5 Å². The Hall–Kier alpha value is -3.98. The van der Waals surface area contributed by atoms with Crippen LogP contribution in [-0.2, 0) is 10.2 Å². The van der Waals surface area contributed by atoms with Gasteiger partial charge in [0, 0.05) is 29.7 Å². The highest BCUT2D eigenvalue weighted by atomic mass is 16.5. The van der Waals surface area contributed by atoms with Crippen LogP contribution in [0.25, 0.3) is 22.2 Å². The molecule has 180 valence electrons. The molecule has 35 heavy (non-hydrogen) atoms. The van der Waals surface area contributed by atoms with Crippen molar-refractivity contribution in [2.45, 2.75) is 26.2 Å². The van der Waals surface area contributed by atoms with Crippen molar-refractivity contribution >= 4 is 34.3 Å². The molecule has 4 aromatic rings. The Labute approximate surface area is 203 Å². The lowest BCUT2D eigenvalue weighted by atomic mass is 9.86. The van der Waals surface area contributed by atoms with Crippen molar-refractivity contribution in [3.8, 4) is 11.3 Å². The van der Waals surface area contributed by atoms with E-state index in [1.165, 1.54) is 0 Å². The van der Waals surface area contributed by atoms with Gasteiger partial charge in [0.15, 0.2) is 5.82 Å². The molecule has 0 unspecified atom stereocenters. The minimum atomic E-state index is -1.10. The first-order valence-corrected chi connectivity index (χ1v) is 11.6. The first-order chi connectivity index (χ1) is 16.8. The van der Waals surface area contributed by atoms with E-state index in [4.69, 9.17) is 9.72 Å². The molecule has 1 fully saturated rings. The average Bonchev–Trinajstić information content (AvgIpc) is 3.31. The molecule has 0 aliphatic carbocycles. The summed E-state index contributed by atoms with van der Waals surface area (Å²) in [7, 11) is 0. The van der Waals surface area contributed by atoms with Gasteiger partial charge >= 0.3 is 5.97 Å². The Morgan fingerprint density at radius 1 is 1.09 bits per heavy atom. The predicted molar refractivity (Wildman–Crippen MR) is 136 cm³/mol. The van der Waals surface area contributed by atoms with Gasteiger partial charge < -0.3 is 20.1 Å². The highest BCUT2D eigenvalue weighted by Gasteiger charge is 2.25. The molecule has 0 spiro atoms. The number of benzene rings is 2. The topological polar surface area (TPSA) is 116 Å². The fourth-order valence-electron chi connectivity index (χ4n) is 4.14. The SMILES string of the molecule is CC(C)(C)c1ccc(-c2nc(N3CCOCC3)nc(Nc3ccc4[nH]ncc4c3)c2C(=O)O)cc1. The van der Waals surface area contributed by atoms with Crippen molar-refractivity contribution in [3.05, 3.63) is 59.8 Å². The Bertz CT molecular complexity index is 1370. The Balaban J connectivity index is 1.64. The van der Waals surface area contributed by atoms with Crippen LogP contribution in [0.15, 0.2) is 48.7 Å². The number of morpholine rings is 1. The van der Waals surface area contributed by atoms with Crippen LogP contribution in [0.4, 0.5) is 17.5 Å². The lowest BCUT2D eigenvalue weighted by molar-refractivity contribution is 0.0698. The zero-order valence-corrected chi connectivity index (χ0v) is 20.0. The summed E-state index contributed by atoms with van der Waals surface area (Å²) in [6, 6.07) is 13.6. The van der Waals surface area contributed by atoms with Gasteiger partial charge in [0.1, 0.15) is 5.56 Å². The summed E-state index contributed by atoms with van der Waals surface area (Å²) in [6.07, 6.45) is 1.72. The molecule has 0 atom stereocenters. The third-order valence-corrected chi connectivity index (χ3v) is 6.13. The van der Waals surface area contributed by atoms with Gasteiger partial charge in [-0.2, -0.15) is 10.1 Å². The number of rotatable bonds is 5. The van der Waals surface area contributed by atoms with Crippen molar-refractivity contribution in [1.82, 2.24) is 20.2 Å². The summed E-state index contributed by atoms with van der Waals surface area (Å²) >= 11 is 0. The summed E-state index contributed by atoms with van der Waals surface area (Å²) in [6.45, 7) is 8.84. The average molecular weight is 473 g/mol. The second-order valence-electron chi connectivity index (χ2n) is 9.62. The van der Waals surface area contributed by atoms with Crippen molar-refractivity contribution < 1.29 is 14.6 Å². The zero-order valence-electron chi connectivity index (χ0n) is 20.0. The van der Waals surface area contributed by atoms with Gasteiger partial charge in [-0.15, -0.1) is 0 Å². The minimum Gasteiger partial charge on any atom is -0.477 e. The second-order valence-corrected chi connectivity index (χ2v) is 9.62. The van der Waals surface area contributed by atoms with E-state index in [2.05, 4.69) is 41.3 Å². The van der Waals surface area contributed by atoms with Crippen LogP contribution in [0.3, 0.4) is 0 Å². The van der Waals surface area contributed by atoms with E-state index in [9.17, 15) is 9.90 Å². The van der Waals surface area contributed by atoms with Gasteiger partial charge in [-0.25, -0.2) is 9.78 Å². The van der Waals surface area contributed by atoms with Gasteiger partial charge in [0.25, 0.3) is 0 Å². The number of nitrogens with zero attached hydrogens (tertiary/aromatic N) is 4. The third kappa shape index (κ3) is 4.67. The van der Waals surface area contributed by atoms with Crippen LogP contribution in [0.2, 0.25) is 0 Å². The smallest absolute Gasteiger partial charge is 0.341 e. The molecular formula is C26H28N6O3. The molecule has 3 heterocycles. The fourth-order valence-corrected chi connectivity index (χ4v) is 4.14. The maximum absolute atomic E-state index is 12.5. The number of fused-ring (bicyclic) bond motifs is 1. The van der Waals surface area contributed by atoms with Crippen LogP contribution in [0.1, 0.15) is 36.7 Å². The van der Waals surface area contributed by atoms with Crippen molar-refractivity contribution in [2.24, 2.45) is 0 Å². The van der Waals surface area contributed by atoms with Gasteiger partial charge in [0.05, 0.1) is 30.6 Å². The van der Waals surface area contributed by atoms with Gasteiger partial charge in [0.2, 0.25) is 5.95 Å². The Morgan fingerprint density at radius 3 is 2.51 bits per heavy atom. The van der Waals surface area contributed by atoms with Crippen molar-refractivity contribution in [1.29, 1.82) is 0 Å². The van der Waals surface area contributed by atoms with Gasteiger partial charge in [-0.1, -0.05) is 45.0 Å². The molecule has 0 saturated carbocycles. The van der Waals surface area contributed by atoms with Gasteiger partial charge in [-0.05, 0) is 29.2 Å². The number of hydrogen-bond donors (Lipinski definition) is 3. The summed E-state index contributed by atoms with van der Waals surface area (Å²) in [5, 5.41) is 21.4. The molecule has 1 aliphatic heterocycles. The molecule has 1 aliphatic rings. The summed E-state index contributed by atoms with van der Waals surface area (Å²) < 4.78 is 5.49. The minimum absolute atomic E-state index is 0.0166. The van der Waals surface area contributed by atoms with E-state index in [0.717, 1.165) is 22.0 Å². The summed E-state index contributed by atoms with van der Waals surface area (Å²) in [4.78, 5) is 24.0. The lowest BCUT2D eigenvalue weighted by Gasteiger charge is -2.28. The molecule has 0 amide bonds. The van der Waals surface area contributed by atoms with Crippen molar-refractivity contribution in [2.75, 3.05) is 36.5 Å². The number of hydrogen-bond acceptors (Lipinski definition) is 7. The Morgan fingerprint density at radius 2 is 1.83 bits per heavy atom. The molecule has 0 radical (unpaired) electrons. The molecule has 2 aromatic heterocycles. The number of carboxylic acid groups (broad SMARTS) is 1. The van der Waals surface area contributed by atoms with E-state index in [-0.39, 0.29) is 16.8 Å². The van der Waals surface area contributed by atoms with E-state index in [0.29, 0.717) is 43.6 Å². The number of anilines is 3. The summed E-state index contributed by atoms with van der Waals surface area (Å²) in [5.74, 6) is -0.382. The number of aromatic carboxylic acids is 1. The quantitative estimate of drug-likeness (QED) is 0.386. The summed E-state index contributed by atoms with van der Waals surface area (Å²) in [5.41, 5.74) is 3.87. The molecule has 9 heteroatoms. The first-order valence-electron chi connectivity index (χ1n) is 11.6. The largest absolute Gasteiger partial charge is 0.477 e.